The van der Waals surface area contributed by atoms with Crippen molar-refractivity contribution >= 4 is 6.21 Å². The molecule has 0 bridgehead atoms. The van der Waals surface area contributed by atoms with Gasteiger partial charge in [0.05, 0.1) is 26.7 Å². The number of rotatable bonds is 8. The van der Waals surface area contributed by atoms with Crippen LogP contribution in [0.1, 0.15) is 30.5 Å². The molecule has 2 aromatic rings. The molecule has 2 rings (SSSR count). The Morgan fingerprint density at radius 1 is 1.04 bits per heavy atom. The summed E-state index contributed by atoms with van der Waals surface area (Å²) in [5.74, 6) is 0.912. The van der Waals surface area contributed by atoms with Gasteiger partial charge in [-0.25, -0.2) is 0 Å². The van der Waals surface area contributed by atoms with Crippen LogP contribution in [0.5, 0.6) is 11.5 Å². The maximum Gasteiger partial charge on any atom is 0.124 e. The minimum absolute atomic E-state index is 0.206. The van der Waals surface area contributed by atoms with Crippen LogP contribution in [0.2, 0.25) is 0 Å². The van der Waals surface area contributed by atoms with Gasteiger partial charge >= 0.3 is 0 Å². The fraction of sp³-hybridized carbons (Fsp3) is 0.350. The van der Waals surface area contributed by atoms with Crippen LogP contribution in [0.15, 0.2) is 47.5 Å². The highest BCUT2D eigenvalue weighted by atomic mass is 16.5. The van der Waals surface area contributed by atoms with Crippen LogP contribution in [-0.2, 0) is 13.1 Å². The van der Waals surface area contributed by atoms with Crippen molar-refractivity contribution in [2.24, 2.45) is 4.99 Å². The number of ether oxygens (including phenoxy) is 1. The summed E-state index contributed by atoms with van der Waals surface area (Å²) in [6.07, 6.45) is 1.69. The first-order chi connectivity index (χ1) is 11.7. The summed E-state index contributed by atoms with van der Waals surface area (Å²) in [5.41, 5.74) is 3.18. The van der Waals surface area contributed by atoms with Crippen LogP contribution >= 0.6 is 0 Å². The predicted octanol–water partition coefficient (Wildman–Crippen LogP) is 2.44. The Morgan fingerprint density at radius 2 is 1.71 bits per heavy atom. The van der Waals surface area contributed by atoms with E-state index in [1.165, 1.54) is 5.56 Å². The number of methoxy groups -OCH3 is 1. The monoisotopic (exact) mass is 327 g/mol. The van der Waals surface area contributed by atoms with Gasteiger partial charge in [-0.05, 0) is 37.6 Å². The molecule has 0 saturated heterocycles. The summed E-state index contributed by atoms with van der Waals surface area (Å²) in [4.78, 5) is 6.00. The molecule has 0 aliphatic carbocycles. The van der Waals surface area contributed by atoms with Gasteiger partial charge in [0.15, 0.2) is 0 Å². The Kier molecular flexibility index (Phi) is 6.82. The van der Waals surface area contributed by atoms with Crippen LogP contribution in [0.4, 0.5) is 0 Å². The van der Waals surface area contributed by atoms with Gasteiger partial charge in [-0.3, -0.25) is 4.99 Å². The highest BCUT2D eigenvalue weighted by molar-refractivity contribution is 5.84. The van der Waals surface area contributed by atoms with Crippen molar-refractivity contribution in [3.05, 3.63) is 59.2 Å². The number of hydrogen-bond donors (Lipinski definition) is 2. The van der Waals surface area contributed by atoms with Crippen LogP contribution in [0.3, 0.4) is 0 Å². The quantitative estimate of drug-likeness (QED) is 0.732. The molecular weight excluding hydrogens is 300 g/mol. The SMILES string of the molecule is CC[NH+](CC)Cc1ccc(CN=Cc2cc(OC)ccc2O)cc1. The minimum Gasteiger partial charge on any atom is -0.507 e. The molecule has 0 atom stereocenters. The zero-order valence-electron chi connectivity index (χ0n) is 14.7. The van der Waals surface area contributed by atoms with Crippen molar-refractivity contribution in [2.75, 3.05) is 20.2 Å². The maximum absolute atomic E-state index is 9.85. The standard InChI is InChI=1S/C20H26N2O2/c1-4-22(5-2)15-17-8-6-16(7-9-17)13-21-14-18-12-19(24-3)10-11-20(18)23/h6-12,14,23H,4-5,13,15H2,1-3H3/p+1. The molecule has 0 fully saturated rings. The van der Waals surface area contributed by atoms with E-state index in [-0.39, 0.29) is 5.75 Å². The molecule has 4 nitrogen and oxygen atoms in total. The van der Waals surface area contributed by atoms with Gasteiger partial charge in [-0.15, -0.1) is 0 Å². The van der Waals surface area contributed by atoms with Gasteiger partial charge in [-0.1, -0.05) is 24.3 Å². The number of quaternary nitrogens is 1. The molecule has 0 spiro atoms. The fourth-order valence-electron chi connectivity index (χ4n) is 2.56. The lowest BCUT2D eigenvalue weighted by atomic mass is 10.1. The summed E-state index contributed by atoms with van der Waals surface area (Å²) >= 11 is 0. The molecule has 0 heterocycles. The Morgan fingerprint density at radius 3 is 2.33 bits per heavy atom. The van der Waals surface area contributed by atoms with Crippen molar-refractivity contribution in [3.63, 3.8) is 0 Å². The Hall–Kier alpha value is -2.33. The zero-order chi connectivity index (χ0) is 17.4. The van der Waals surface area contributed by atoms with E-state index < -0.39 is 0 Å². The van der Waals surface area contributed by atoms with Gasteiger partial charge in [0, 0.05) is 17.3 Å². The smallest absolute Gasteiger partial charge is 0.124 e. The predicted molar refractivity (Wildman–Crippen MR) is 98.1 cm³/mol. The van der Waals surface area contributed by atoms with Crippen LogP contribution < -0.4 is 9.64 Å². The van der Waals surface area contributed by atoms with Crippen LogP contribution in [-0.4, -0.2) is 31.5 Å². The molecule has 24 heavy (non-hydrogen) atoms. The van der Waals surface area contributed by atoms with E-state index in [0.29, 0.717) is 17.9 Å². The third kappa shape index (κ3) is 5.10. The fourth-order valence-corrected chi connectivity index (χ4v) is 2.56. The summed E-state index contributed by atoms with van der Waals surface area (Å²) < 4.78 is 5.16. The van der Waals surface area contributed by atoms with Crippen molar-refractivity contribution in [3.8, 4) is 11.5 Å². The first-order valence-corrected chi connectivity index (χ1v) is 8.44. The molecule has 0 amide bonds. The second kappa shape index (κ2) is 9.08. The number of aliphatic imine (C=N–C) groups is 1. The molecule has 0 aliphatic rings. The molecule has 128 valence electrons. The average molecular weight is 327 g/mol. The van der Waals surface area contributed by atoms with Gasteiger partial charge in [0.25, 0.3) is 0 Å². The molecule has 0 aromatic heterocycles. The number of nitrogens with zero attached hydrogens (tertiary/aromatic N) is 1. The Labute approximate surface area is 144 Å². The molecule has 0 unspecified atom stereocenters. The molecular formula is C20H27N2O2+. The van der Waals surface area contributed by atoms with E-state index in [9.17, 15) is 5.11 Å². The second-order valence-corrected chi connectivity index (χ2v) is 5.84. The normalized spacial score (nSPS) is 11.3. The lowest BCUT2D eigenvalue weighted by Crippen LogP contribution is -3.10. The average Bonchev–Trinajstić information content (AvgIpc) is 2.62. The van der Waals surface area contributed by atoms with Gasteiger partial charge in [-0.2, -0.15) is 0 Å². The molecule has 2 aromatic carbocycles. The summed E-state index contributed by atoms with van der Waals surface area (Å²) in [7, 11) is 1.61. The summed E-state index contributed by atoms with van der Waals surface area (Å²) in [6.45, 7) is 8.38. The molecule has 0 radical (unpaired) electrons. The number of nitrogens with one attached hydrogen (secondary N) is 1. The molecule has 2 N–H and O–H groups in total. The molecule has 4 heteroatoms. The van der Waals surface area contributed by atoms with Crippen molar-refractivity contribution in [1.82, 2.24) is 0 Å². The van der Waals surface area contributed by atoms with Gasteiger partial charge < -0.3 is 14.7 Å². The molecule has 0 aliphatic heterocycles. The lowest BCUT2D eigenvalue weighted by molar-refractivity contribution is -0.910. The minimum atomic E-state index is 0.206. The van der Waals surface area contributed by atoms with Crippen molar-refractivity contribution in [2.45, 2.75) is 26.9 Å². The zero-order valence-corrected chi connectivity index (χ0v) is 14.7. The number of phenols is 1. The Bertz CT molecular complexity index is 662. The number of benzene rings is 2. The highest BCUT2D eigenvalue weighted by Crippen LogP contribution is 2.21. The van der Waals surface area contributed by atoms with E-state index in [1.54, 1.807) is 36.4 Å². The third-order valence-corrected chi connectivity index (χ3v) is 4.22. The van der Waals surface area contributed by atoms with Crippen molar-refractivity contribution in [1.29, 1.82) is 0 Å². The first kappa shape index (κ1) is 18.0. The van der Waals surface area contributed by atoms with E-state index in [1.807, 2.05) is 0 Å². The number of hydrogen-bond acceptors (Lipinski definition) is 3. The van der Waals surface area contributed by atoms with Crippen molar-refractivity contribution < 1.29 is 14.7 Å². The van der Waals surface area contributed by atoms with Gasteiger partial charge in [0.2, 0.25) is 0 Å². The summed E-state index contributed by atoms with van der Waals surface area (Å²) in [5, 5.41) is 9.85. The third-order valence-electron chi connectivity index (χ3n) is 4.22. The van der Waals surface area contributed by atoms with Gasteiger partial charge in [0.1, 0.15) is 18.0 Å². The van der Waals surface area contributed by atoms with E-state index in [4.69, 9.17) is 4.74 Å². The van der Waals surface area contributed by atoms with E-state index in [0.717, 1.165) is 25.2 Å². The van der Waals surface area contributed by atoms with Crippen LogP contribution in [0, 0.1) is 0 Å². The second-order valence-electron chi connectivity index (χ2n) is 5.84. The van der Waals surface area contributed by atoms with E-state index >= 15 is 0 Å². The summed E-state index contributed by atoms with van der Waals surface area (Å²) in [6, 6.07) is 13.7. The van der Waals surface area contributed by atoms with Crippen LogP contribution in [0.25, 0.3) is 0 Å². The molecule has 0 saturated carbocycles. The Balaban J connectivity index is 1.97. The maximum atomic E-state index is 9.85. The lowest BCUT2D eigenvalue weighted by Gasteiger charge is -2.15. The van der Waals surface area contributed by atoms with E-state index in [2.05, 4.69) is 43.1 Å². The largest absolute Gasteiger partial charge is 0.507 e. The number of aromatic hydroxyl groups is 1. The number of phenolic OH excluding ortho intramolecular Hbond substituents is 1. The first-order valence-electron chi connectivity index (χ1n) is 8.44. The highest BCUT2D eigenvalue weighted by Gasteiger charge is 2.04. The topological polar surface area (TPSA) is 46.3 Å².